The van der Waals surface area contributed by atoms with Crippen LogP contribution in [0.4, 0.5) is 18.9 Å². The number of fused-ring (bicyclic) bond motifs is 1. The number of nitrogens with one attached hydrogen (secondary N) is 1. The summed E-state index contributed by atoms with van der Waals surface area (Å²) in [7, 11) is -1.61. The lowest BCUT2D eigenvalue weighted by Crippen LogP contribution is -2.21. The summed E-state index contributed by atoms with van der Waals surface area (Å²) in [5.41, 5.74) is 0.695. The number of alkyl halides is 3. The van der Waals surface area contributed by atoms with Crippen LogP contribution in [0.5, 0.6) is 11.5 Å². The number of nitrogens with zero attached hydrogens (tertiary/aromatic N) is 1. The molecule has 0 bridgehead atoms. The molecule has 0 fully saturated rings. The van der Waals surface area contributed by atoms with Gasteiger partial charge in [0.2, 0.25) is 0 Å². The predicted molar refractivity (Wildman–Crippen MR) is 104 cm³/mol. The van der Waals surface area contributed by atoms with E-state index in [0.29, 0.717) is 16.5 Å². The molecule has 7 nitrogen and oxygen atoms in total. The smallest absolute Gasteiger partial charge is 0.494 e. The first-order chi connectivity index (χ1) is 13.9. The molecular weight excluding hydrogens is 425 g/mol. The van der Waals surface area contributed by atoms with E-state index in [-0.39, 0.29) is 17.0 Å². The van der Waals surface area contributed by atoms with Gasteiger partial charge in [-0.1, -0.05) is 12.1 Å². The summed E-state index contributed by atoms with van der Waals surface area (Å²) in [6.45, 7) is 1.61. The quantitative estimate of drug-likeness (QED) is 0.653. The molecule has 1 heterocycles. The van der Waals surface area contributed by atoms with Crippen LogP contribution in [0.3, 0.4) is 0 Å². The van der Waals surface area contributed by atoms with Gasteiger partial charge in [-0.15, -0.1) is 13.2 Å². The topological polar surface area (TPSA) is 86.6 Å². The second-order valence-electron chi connectivity index (χ2n) is 6.40. The van der Waals surface area contributed by atoms with Crippen LogP contribution in [0.25, 0.3) is 10.9 Å². The number of rotatable bonds is 5. The van der Waals surface area contributed by atoms with Gasteiger partial charge in [0, 0.05) is 24.1 Å². The van der Waals surface area contributed by atoms with Crippen molar-refractivity contribution < 1.29 is 31.1 Å². The monoisotopic (exact) mass is 442 g/mol. The van der Waals surface area contributed by atoms with E-state index in [1.165, 1.54) is 35.9 Å². The van der Waals surface area contributed by atoms with Gasteiger partial charge in [0.1, 0.15) is 16.4 Å². The van der Waals surface area contributed by atoms with Crippen LogP contribution >= 0.6 is 0 Å². The normalized spacial score (nSPS) is 12.1. The van der Waals surface area contributed by atoms with Crippen molar-refractivity contribution in [3.8, 4) is 11.5 Å². The summed E-state index contributed by atoms with van der Waals surface area (Å²) in [4.78, 5) is 11.4. The molecule has 0 aliphatic carbocycles. The number of methoxy groups -OCH3 is 1. The Bertz CT molecular complexity index is 1280. The van der Waals surface area contributed by atoms with Crippen molar-refractivity contribution in [1.82, 2.24) is 4.57 Å². The highest BCUT2D eigenvalue weighted by Gasteiger charge is 2.34. The number of aromatic nitrogens is 1. The fourth-order valence-electron chi connectivity index (χ4n) is 2.99. The van der Waals surface area contributed by atoms with Crippen LogP contribution in [0, 0.1) is 6.92 Å². The molecule has 0 saturated carbocycles. The number of ether oxygens (including phenoxy) is 2. The van der Waals surface area contributed by atoms with E-state index in [2.05, 4.69) is 9.46 Å². The zero-order valence-electron chi connectivity index (χ0n) is 16.1. The Morgan fingerprint density at radius 2 is 1.73 bits per heavy atom. The molecule has 2 aromatic carbocycles. The van der Waals surface area contributed by atoms with Crippen LogP contribution in [0.1, 0.15) is 5.56 Å². The third-order valence-corrected chi connectivity index (χ3v) is 5.74. The van der Waals surface area contributed by atoms with Crippen LogP contribution in [0.2, 0.25) is 0 Å². The minimum absolute atomic E-state index is 0.00939. The summed E-state index contributed by atoms with van der Waals surface area (Å²) in [5, 5.41) is 0.535. The first-order valence-corrected chi connectivity index (χ1v) is 9.97. The lowest BCUT2D eigenvalue weighted by molar-refractivity contribution is -0.275. The highest BCUT2D eigenvalue weighted by molar-refractivity contribution is 7.92. The van der Waals surface area contributed by atoms with Crippen molar-refractivity contribution in [2.75, 3.05) is 11.8 Å². The van der Waals surface area contributed by atoms with Crippen LogP contribution in [-0.2, 0) is 17.1 Å². The number of benzene rings is 2. The van der Waals surface area contributed by atoms with Crippen molar-refractivity contribution in [3.05, 3.63) is 58.4 Å². The Morgan fingerprint density at radius 1 is 1.07 bits per heavy atom. The molecule has 0 spiro atoms. The van der Waals surface area contributed by atoms with Gasteiger partial charge in [-0.05, 0) is 31.2 Å². The van der Waals surface area contributed by atoms with E-state index < -0.39 is 27.0 Å². The fourth-order valence-corrected chi connectivity index (χ4v) is 4.18. The average Bonchev–Trinajstić information content (AvgIpc) is 2.64. The highest BCUT2D eigenvalue weighted by atomic mass is 32.2. The summed E-state index contributed by atoms with van der Waals surface area (Å²) in [5.74, 6) is -0.783. The van der Waals surface area contributed by atoms with E-state index in [9.17, 15) is 26.4 Å². The second-order valence-corrected chi connectivity index (χ2v) is 8.05. The SMILES string of the molecule is COc1cc2c(cc1NS(=O)(=O)c1ccccc1OC(F)(F)F)cc(C)c(=O)n2C. The first-order valence-electron chi connectivity index (χ1n) is 8.49. The number of para-hydroxylation sites is 1. The Balaban J connectivity index is 2.12. The summed E-state index contributed by atoms with van der Waals surface area (Å²) >= 11 is 0. The molecular formula is C19H17F3N2O5S. The molecule has 0 unspecified atom stereocenters. The van der Waals surface area contributed by atoms with E-state index in [1.54, 1.807) is 20.0 Å². The van der Waals surface area contributed by atoms with Crippen molar-refractivity contribution in [1.29, 1.82) is 0 Å². The highest BCUT2D eigenvalue weighted by Crippen LogP contribution is 2.34. The molecule has 0 amide bonds. The van der Waals surface area contributed by atoms with Gasteiger partial charge >= 0.3 is 6.36 Å². The molecule has 0 saturated heterocycles. The zero-order valence-corrected chi connectivity index (χ0v) is 16.9. The zero-order chi connectivity index (χ0) is 22.3. The van der Waals surface area contributed by atoms with E-state index in [0.717, 1.165) is 12.1 Å². The maximum absolute atomic E-state index is 12.8. The average molecular weight is 442 g/mol. The minimum atomic E-state index is -5.06. The van der Waals surface area contributed by atoms with Crippen LogP contribution < -0.4 is 19.8 Å². The van der Waals surface area contributed by atoms with Crippen LogP contribution in [0.15, 0.2) is 52.2 Å². The lowest BCUT2D eigenvalue weighted by Gasteiger charge is -2.17. The van der Waals surface area contributed by atoms with E-state index in [1.807, 2.05) is 0 Å². The Kier molecular flexibility index (Phi) is 5.42. The van der Waals surface area contributed by atoms with Gasteiger partial charge in [0.25, 0.3) is 15.6 Å². The van der Waals surface area contributed by atoms with Crippen molar-refractivity contribution in [3.63, 3.8) is 0 Å². The summed E-state index contributed by atoms with van der Waals surface area (Å²) < 4.78 is 76.3. The maximum Gasteiger partial charge on any atom is 0.573 e. The molecule has 3 rings (SSSR count). The van der Waals surface area contributed by atoms with Gasteiger partial charge in [-0.2, -0.15) is 0 Å². The van der Waals surface area contributed by atoms with Gasteiger partial charge in [-0.25, -0.2) is 8.42 Å². The van der Waals surface area contributed by atoms with Crippen LogP contribution in [-0.4, -0.2) is 26.5 Å². The molecule has 1 aromatic heterocycles. The standard InChI is InChI=1S/C19H17F3N2O5S/c1-11-8-12-9-13(16(28-3)10-14(12)24(2)18(11)25)23-30(26,27)17-7-5-4-6-15(17)29-19(20,21)22/h4-10,23H,1-3H3. The van der Waals surface area contributed by atoms with Gasteiger partial charge in [-0.3, -0.25) is 9.52 Å². The number of sulfonamides is 1. The largest absolute Gasteiger partial charge is 0.573 e. The molecule has 0 radical (unpaired) electrons. The molecule has 11 heteroatoms. The number of hydrogen-bond acceptors (Lipinski definition) is 5. The molecule has 0 aliphatic heterocycles. The maximum atomic E-state index is 12.8. The van der Waals surface area contributed by atoms with Crippen molar-refractivity contribution >= 4 is 26.6 Å². The summed E-state index contributed by atoms with van der Waals surface area (Å²) in [6, 6.07) is 8.87. The first kappa shape index (κ1) is 21.5. The third-order valence-electron chi connectivity index (χ3n) is 4.33. The number of hydrogen-bond donors (Lipinski definition) is 1. The van der Waals surface area contributed by atoms with Gasteiger partial charge in [0.15, 0.2) is 0 Å². The fraction of sp³-hybridized carbons (Fsp3) is 0.211. The molecule has 0 atom stereocenters. The number of anilines is 1. The summed E-state index contributed by atoms with van der Waals surface area (Å²) in [6.07, 6.45) is -5.06. The van der Waals surface area contributed by atoms with E-state index in [4.69, 9.17) is 4.74 Å². The Morgan fingerprint density at radius 3 is 2.37 bits per heavy atom. The number of pyridine rings is 1. The van der Waals surface area contributed by atoms with E-state index >= 15 is 0 Å². The number of aryl methyl sites for hydroxylation is 2. The number of halogens is 3. The van der Waals surface area contributed by atoms with Gasteiger partial charge in [0.05, 0.1) is 18.3 Å². The minimum Gasteiger partial charge on any atom is -0.494 e. The molecule has 30 heavy (non-hydrogen) atoms. The molecule has 0 aliphatic rings. The predicted octanol–water partition coefficient (Wildman–Crippen LogP) is 3.55. The second kappa shape index (κ2) is 7.56. The Labute approximate surface area is 169 Å². The lowest BCUT2D eigenvalue weighted by atomic mass is 10.1. The van der Waals surface area contributed by atoms with Crippen molar-refractivity contribution in [2.24, 2.45) is 7.05 Å². The third kappa shape index (κ3) is 4.20. The molecule has 1 N–H and O–H groups in total. The molecule has 160 valence electrons. The van der Waals surface area contributed by atoms with Crippen molar-refractivity contribution in [2.45, 2.75) is 18.2 Å². The molecule has 3 aromatic rings. The Hall–Kier alpha value is -3.21. The van der Waals surface area contributed by atoms with Gasteiger partial charge < -0.3 is 14.0 Å².